The van der Waals surface area contributed by atoms with Gasteiger partial charge in [0, 0.05) is 10.9 Å². The summed E-state index contributed by atoms with van der Waals surface area (Å²) in [5, 5.41) is 5.22. The van der Waals surface area contributed by atoms with Gasteiger partial charge in [-0.15, -0.1) is 11.3 Å². The van der Waals surface area contributed by atoms with Gasteiger partial charge in [-0.2, -0.15) is 0 Å². The zero-order valence-corrected chi connectivity index (χ0v) is 18.1. The van der Waals surface area contributed by atoms with Crippen LogP contribution in [0.1, 0.15) is 58.8 Å². The Kier molecular flexibility index (Phi) is 6.67. The van der Waals surface area contributed by atoms with E-state index in [1.807, 2.05) is 47.8 Å². The molecule has 3 N–H and O–H groups in total. The average molecular weight is 435 g/mol. The third-order valence-electron chi connectivity index (χ3n) is 5.62. The fourth-order valence-electron chi connectivity index (χ4n) is 4.05. The molecular formula is C25H26N2O3S. The summed E-state index contributed by atoms with van der Waals surface area (Å²) < 4.78 is 5.98. The maximum absolute atomic E-state index is 13.4. The average Bonchev–Trinajstić information content (AvgIpc) is 3.29. The van der Waals surface area contributed by atoms with Gasteiger partial charge in [-0.3, -0.25) is 9.59 Å². The quantitative estimate of drug-likeness (QED) is 0.535. The molecule has 0 bridgehead atoms. The highest BCUT2D eigenvalue weighted by Crippen LogP contribution is 2.34. The van der Waals surface area contributed by atoms with Gasteiger partial charge in [0.25, 0.3) is 5.91 Å². The van der Waals surface area contributed by atoms with E-state index < -0.39 is 11.8 Å². The van der Waals surface area contributed by atoms with Gasteiger partial charge >= 0.3 is 0 Å². The Morgan fingerprint density at radius 1 is 1.00 bits per heavy atom. The molecule has 2 aromatic carbocycles. The zero-order valence-electron chi connectivity index (χ0n) is 17.3. The molecule has 1 aliphatic carbocycles. The molecule has 3 aromatic rings. The lowest BCUT2D eigenvalue weighted by Crippen LogP contribution is -2.39. The number of para-hydroxylation sites is 1. The molecule has 31 heavy (non-hydrogen) atoms. The first-order chi connectivity index (χ1) is 15.1. The highest BCUT2D eigenvalue weighted by atomic mass is 32.1. The van der Waals surface area contributed by atoms with Gasteiger partial charge in [-0.25, -0.2) is 0 Å². The van der Waals surface area contributed by atoms with Gasteiger partial charge < -0.3 is 15.8 Å². The number of benzene rings is 2. The minimum atomic E-state index is -0.572. The van der Waals surface area contributed by atoms with Crippen molar-refractivity contribution in [1.82, 2.24) is 5.32 Å². The van der Waals surface area contributed by atoms with Gasteiger partial charge in [0.1, 0.15) is 11.5 Å². The lowest BCUT2D eigenvalue weighted by Gasteiger charge is -2.26. The van der Waals surface area contributed by atoms with Crippen LogP contribution in [0.25, 0.3) is 0 Å². The molecule has 1 atom stereocenters. The second-order valence-corrected chi connectivity index (χ2v) is 8.81. The van der Waals surface area contributed by atoms with E-state index >= 15 is 0 Å². The summed E-state index contributed by atoms with van der Waals surface area (Å²) in [6.07, 6.45) is 5.57. The largest absolute Gasteiger partial charge is 0.457 e. The van der Waals surface area contributed by atoms with E-state index in [1.54, 1.807) is 29.5 Å². The monoisotopic (exact) mass is 434 g/mol. The van der Waals surface area contributed by atoms with Crippen LogP contribution < -0.4 is 15.8 Å². The SMILES string of the molecule is NC(=O)c1ccc(C(C(=O)NC2CCCCC2)c2cccs2)cc1Oc1ccccc1. The van der Waals surface area contributed by atoms with Crippen molar-refractivity contribution in [3.8, 4) is 11.5 Å². The number of hydrogen-bond donors (Lipinski definition) is 2. The third-order valence-corrected chi connectivity index (χ3v) is 6.55. The van der Waals surface area contributed by atoms with Crippen LogP contribution in [0.15, 0.2) is 66.0 Å². The number of rotatable bonds is 7. The molecule has 2 amide bonds. The van der Waals surface area contributed by atoms with E-state index in [1.165, 1.54) is 6.42 Å². The van der Waals surface area contributed by atoms with E-state index in [-0.39, 0.29) is 17.5 Å². The van der Waals surface area contributed by atoms with Crippen LogP contribution in [0, 0.1) is 0 Å². The Morgan fingerprint density at radius 3 is 2.45 bits per heavy atom. The van der Waals surface area contributed by atoms with Gasteiger partial charge in [0.15, 0.2) is 0 Å². The molecule has 0 saturated heterocycles. The maximum Gasteiger partial charge on any atom is 0.252 e. The third kappa shape index (κ3) is 5.14. The van der Waals surface area contributed by atoms with E-state index in [9.17, 15) is 9.59 Å². The number of nitrogens with two attached hydrogens (primary N) is 1. The van der Waals surface area contributed by atoms with Crippen LogP contribution in [-0.4, -0.2) is 17.9 Å². The fourth-order valence-corrected chi connectivity index (χ4v) is 4.90. The molecule has 160 valence electrons. The Bertz CT molecular complexity index is 1030. The van der Waals surface area contributed by atoms with Gasteiger partial charge in [0.05, 0.1) is 11.5 Å². The van der Waals surface area contributed by atoms with Crippen LogP contribution in [0.2, 0.25) is 0 Å². The molecular weight excluding hydrogens is 408 g/mol. The zero-order chi connectivity index (χ0) is 21.6. The number of carbonyl (C=O) groups is 2. The smallest absolute Gasteiger partial charge is 0.252 e. The summed E-state index contributed by atoms with van der Waals surface area (Å²) >= 11 is 1.54. The van der Waals surface area contributed by atoms with Crippen molar-refractivity contribution < 1.29 is 14.3 Å². The van der Waals surface area contributed by atoms with Crippen LogP contribution >= 0.6 is 11.3 Å². The van der Waals surface area contributed by atoms with Gasteiger partial charge in [-0.05, 0) is 54.1 Å². The Morgan fingerprint density at radius 2 is 1.77 bits per heavy atom. The summed E-state index contributed by atoms with van der Waals surface area (Å²) in [4.78, 5) is 26.3. The van der Waals surface area contributed by atoms with E-state index in [2.05, 4.69) is 5.32 Å². The molecule has 1 saturated carbocycles. The first-order valence-corrected chi connectivity index (χ1v) is 11.5. The number of thiophene rings is 1. The number of hydrogen-bond acceptors (Lipinski definition) is 4. The normalized spacial score (nSPS) is 15.2. The number of carbonyl (C=O) groups excluding carboxylic acids is 2. The molecule has 1 fully saturated rings. The van der Waals surface area contributed by atoms with Crippen molar-refractivity contribution in [2.24, 2.45) is 5.73 Å². The minimum Gasteiger partial charge on any atom is -0.457 e. The molecule has 0 radical (unpaired) electrons. The van der Waals surface area contributed by atoms with E-state index in [4.69, 9.17) is 10.5 Å². The van der Waals surface area contributed by atoms with Crippen molar-refractivity contribution in [2.45, 2.75) is 44.1 Å². The van der Waals surface area contributed by atoms with Crippen LogP contribution in [0.5, 0.6) is 11.5 Å². The predicted molar refractivity (Wildman–Crippen MR) is 123 cm³/mol. The van der Waals surface area contributed by atoms with Crippen molar-refractivity contribution in [1.29, 1.82) is 0 Å². The van der Waals surface area contributed by atoms with Crippen LogP contribution in [0.3, 0.4) is 0 Å². The fraction of sp³-hybridized carbons (Fsp3) is 0.280. The van der Waals surface area contributed by atoms with Crippen LogP contribution in [0.4, 0.5) is 0 Å². The second kappa shape index (κ2) is 9.79. The highest BCUT2D eigenvalue weighted by Gasteiger charge is 2.28. The molecule has 0 spiro atoms. The van der Waals surface area contributed by atoms with Crippen molar-refractivity contribution in [2.75, 3.05) is 0 Å². The summed E-state index contributed by atoms with van der Waals surface area (Å²) in [5.41, 5.74) is 6.63. The molecule has 1 aromatic heterocycles. The predicted octanol–water partition coefficient (Wildman–Crippen LogP) is 5.22. The summed E-state index contributed by atoms with van der Waals surface area (Å²) in [6, 6.07) is 18.5. The molecule has 1 aliphatic rings. The van der Waals surface area contributed by atoms with Crippen molar-refractivity contribution in [3.63, 3.8) is 0 Å². The van der Waals surface area contributed by atoms with E-state index in [0.29, 0.717) is 11.5 Å². The van der Waals surface area contributed by atoms with Gasteiger partial charge in [0.2, 0.25) is 5.91 Å². The lowest BCUT2D eigenvalue weighted by molar-refractivity contribution is -0.122. The number of nitrogens with one attached hydrogen (secondary N) is 1. The number of ether oxygens (including phenoxy) is 1. The lowest BCUT2D eigenvalue weighted by atomic mass is 9.92. The Labute approximate surface area is 186 Å². The maximum atomic E-state index is 13.4. The molecule has 6 heteroatoms. The second-order valence-electron chi connectivity index (χ2n) is 7.83. The standard InChI is InChI=1S/C25H26N2O3S/c26-24(28)20-14-13-17(16-21(20)30-19-10-5-2-6-11-19)23(22-12-7-15-31-22)25(29)27-18-8-3-1-4-9-18/h2,5-7,10-16,18,23H,1,3-4,8-9H2,(H2,26,28)(H,27,29). The molecule has 1 heterocycles. The van der Waals surface area contributed by atoms with Crippen molar-refractivity contribution >= 4 is 23.2 Å². The topological polar surface area (TPSA) is 81.4 Å². The Hall–Kier alpha value is -3.12. The molecule has 5 nitrogen and oxygen atoms in total. The summed E-state index contributed by atoms with van der Waals surface area (Å²) in [7, 11) is 0. The first-order valence-electron chi connectivity index (χ1n) is 10.6. The van der Waals surface area contributed by atoms with E-state index in [0.717, 1.165) is 36.1 Å². The number of primary amides is 1. The molecule has 1 unspecified atom stereocenters. The first kappa shape index (κ1) is 21.1. The van der Waals surface area contributed by atoms with Crippen LogP contribution in [-0.2, 0) is 4.79 Å². The Balaban J connectivity index is 1.68. The van der Waals surface area contributed by atoms with Crippen molar-refractivity contribution in [3.05, 3.63) is 82.0 Å². The minimum absolute atomic E-state index is 0.0214. The molecule has 0 aliphatic heterocycles. The summed E-state index contributed by atoms with van der Waals surface area (Å²) in [5.74, 6) is -0.115. The van der Waals surface area contributed by atoms with Gasteiger partial charge in [-0.1, -0.05) is 49.6 Å². The number of amides is 2. The molecule has 4 rings (SSSR count). The highest BCUT2D eigenvalue weighted by molar-refractivity contribution is 7.10. The summed E-state index contributed by atoms with van der Waals surface area (Å²) in [6.45, 7) is 0.